The monoisotopic (exact) mass is 218 g/mol. The Morgan fingerprint density at radius 2 is 2.12 bits per heavy atom. The largest absolute Gasteiger partial charge is 0.461 e. The van der Waals surface area contributed by atoms with Crippen LogP contribution in [0.5, 0.6) is 0 Å². The first-order chi connectivity index (χ1) is 7.70. The summed E-state index contributed by atoms with van der Waals surface area (Å²) in [6.45, 7) is 4.31. The van der Waals surface area contributed by atoms with Gasteiger partial charge in [-0.1, -0.05) is 32.0 Å². The van der Waals surface area contributed by atoms with Crippen molar-refractivity contribution in [3.63, 3.8) is 0 Å². The van der Waals surface area contributed by atoms with E-state index in [2.05, 4.69) is 18.2 Å². The van der Waals surface area contributed by atoms with Gasteiger partial charge in [0.15, 0.2) is 0 Å². The summed E-state index contributed by atoms with van der Waals surface area (Å²) < 4.78 is 5.26. The van der Waals surface area contributed by atoms with E-state index in [9.17, 15) is 4.79 Å². The van der Waals surface area contributed by atoms with Crippen LogP contribution in [0.3, 0.4) is 0 Å². The summed E-state index contributed by atoms with van der Waals surface area (Å²) in [6, 6.07) is 6.36. The van der Waals surface area contributed by atoms with E-state index in [4.69, 9.17) is 4.74 Å². The van der Waals surface area contributed by atoms with E-state index < -0.39 is 0 Å². The van der Waals surface area contributed by atoms with Crippen LogP contribution in [0.2, 0.25) is 0 Å². The average Bonchev–Trinajstić information content (AvgIpc) is 2.27. The minimum absolute atomic E-state index is 0.00616. The van der Waals surface area contributed by atoms with E-state index in [1.54, 1.807) is 0 Å². The van der Waals surface area contributed by atoms with Gasteiger partial charge in [0.05, 0.1) is 5.92 Å². The number of hydrogen-bond acceptors (Lipinski definition) is 2. The lowest BCUT2D eigenvalue weighted by atomic mass is 9.87. The first-order valence-corrected chi connectivity index (χ1v) is 5.98. The third-order valence-electron chi connectivity index (χ3n) is 3.33. The Morgan fingerprint density at radius 1 is 1.38 bits per heavy atom. The van der Waals surface area contributed by atoms with Crippen molar-refractivity contribution in [3.8, 4) is 0 Å². The molecular weight excluding hydrogens is 200 g/mol. The Morgan fingerprint density at radius 3 is 2.69 bits per heavy atom. The molecule has 2 nitrogen and oxygen atoms in total. The maximum absolute atomic E-state index is 11.5. The lowest BCUT2D eigenvalue weighted by molar-refractivity contribution is -0.149. The molecule has 1 aromatic rings. The molecule has 0 radical (unpaired) electrons. The van der Waals surface area contributed by atoms with Gasteiger partial charge < -0.3 is 4.74 Å². The molecule has 86 valence electrons. The van der Waals surface area contributed by atoms with Crippen LogP contribution in [0.4, 0.5) is 0 Å². The zero-order valence-corrected chi connectivity index (χ0v) is 9.95. The molecule has 0 N–H and O–H groups in total. The molecule has 16 heavy (non-hydrogen) atoms. The predicted octanol–water partition coefficient (Wildman–Crippen LogP) is 2.87. The molecule has 0 saturated carbocycles. The second-order valence-electron chi connectivity index (χ2n) is 4.52. The highest BCUT2D eigenvalue weighted by molar-refractivity contribution is 5.71. The average molecular weight is 218 g/mol. The van der Waals surface area contributed by atoms with Crippen LogP contribution in [0.25, 0.3) is 0 Å². The summed E-state index contributed by atoms with van der Waals surface area (Å²) in [5, 5.41) is 0. The number of carbonyl (C=O) groups excluding carboxylic acids is 1. The molecule has 0 amide bonds. The van der Waals surface area contributed by atoms with Crippen molar-refractivity contribution in [2.45, 2.75) is 39.7 Å². The molecule has 0 spiro atoms. The molecule has 0 saturated heterocycles. The van der Waals surface area contributed by atoms with Crippen molar-refractivity contribution < 1.29 is 9.53 Å². The van der Waals surface area contributed by atoms with Gasteiger partial charge in [0.2, 0.25) is 0 Å². The Labute approximate surface area is 96.6 Å². The second-order valence-corrected chi connectivity index (χ2v) is 4.52. The van der Waals surface area contributed by atoms with Crippen LogP contribution in [0, 0.1) is 5.92 Å². The fraction of sp³-hybridized carbons (Fsp3) is 0.500. The molecule has 0 aromatic heterocycles. The molecule has 1 unspecified atom stereocenters. The summed E-state index contributed by atoms with van der Waals surface area (Å²) in [5.41, 5.74) is 3.96. The lowest BCUT2D eigenvalue weighted by Crippen LogP contribution is -2.14. The fourth-order valence-corrected chi connectivity index (χ4v) is 1.80. The van der Waals surface area contributed by atoms with E-state index in [1.165, 1.54) is 24.0 Å². The SMILES string of the molecule is CCC(C)C(=O)OCc1ccc2c(c1)CC2. The number of rotatable bonds is 4. The number of ether oxygens (including phenoxy) is 1. The van der Waals surface area contributed by atoms with Gasteiger partial charge in [0, 0.05) is 0 Å². The van der Waals surface area contributed by atoms with Gasteiger partial charge in [-0.3, -0.25) is 4.79 Å². The predicted molar refractivity (Wildman–Crippen MR) is 63.1 cm³/mol. The lowest BCUT2D eigenvalue weighted by Gasteiger charge is -2.19. The normalized spacial score (nSPS) is 14.9. The number of benzene rings is 1. The van der Waals surface area contributed by atoms with E-state index in [0.717, 1.165) is 12.0 Å². The second kappa shape index (κ2) is 4.69. The maximum Gasteiger partial charge on any atom is 0.308 e. The van der Waals surface area contributed by atoms with E-state index in [1.807, 2.05) is 13.8 Å². The van der Waals surface area contributed by atoms with Crippen LogP contribution < -0.4 is 0 Å². The number of aryl methyl sites for hydroxylation is 2. The van der Waals surface area contributed by atoms with Crippen molar-refractivity contribution >= 4 is 5.97 Å². The molecule has 2 rings (SSSR count). The molecule has 0 heterocycles. The molecule has 1 aliphatic carbocycles. The first kappa shape index (κ1) is 11.2. The molecule has 0 aliphatic heterocycles. The van der Waals surface area contributed by atoms with Crippen LogP contribution in [0.1, 0.15) is 37.0 Å². The van der Waals surface area contributed by atoms with Gasteiger partial charge >= 0.3 is 5.97 Å². The molecule has 0 fully saturated rings. The van der Waals surface area contributed by atoms with Crippen LogP contribution in [0.15, 0.2) is 18.2 Å². The Balaban J connectivity index is 1.90. The van der Waals surface area contributed by atoms with E-state index in [-0.39, 0.29) is 11.9 Å². The number of hydrogen-bond donors (Lipinski definition) is 0. The number of carbonyl (C=O) groups is 1. The summed E-state index contributed by atoms with van der Waals surface area (Å²) in [7, 11) is 0. The molecule has 1 aromatic carbocycles. The van der Waals surface area contributed by atoms with Gasteiger partial charge in [0.1, 0.15) is 6.61 Å². The summed E-state index contributed by atoms with van der Waals surface area (Å²) in [4.78, 5) is 11.5. The first-order valence-electron chi connectivity index (χ1n) is 5.98. The maximum atomic E-state index is 11.5. The Hall–Kier alpha value is -1.31. The fourth-order valence-electron chi connectivity index (χ4n) is 1.80. The zero-order valence-electron chi connectivity index (χ0n) is 9.95. The highest BCUT2D eigenvalue weighted by Gasteiger charge is 2.15. The molecular formula is C14H18O2. The van der Waals surface area contributed by atoms with Gasteiger partial charge in [-0.15, -0.1) is 0 Å². The molecule has 0 bridgehead atoms. The van der Waals surface area contributed by atoms with Crippen LogP contribution >= 0.6 is 0 Å². The highest BCUT2D eigenvalue weighted by atomic mass is 16.5. The summed E-state index contributed by atoms with van der Waals surface area (Å²) in [6.07, 6.45) is 3.20. The van der Waals surface area contributed by atoms with Crippen molar-refractivity contribution in [1.82, 2.24) is 0 Å². The van der Waals surface area contributed by atoms with Gasteiger partial charge in [0.25, 0.3) is 0 Å². The molecule has 1 aliphatic rings. The van der Waals surface area contributed by atoms with Gasteiger partial charge in [-0.25, -0.2) is 0 Å². The Kier molecular flexibility index (Phi) is 3.28. The van der Waals surface area contributed by atoms with E-state index >= 15 is 0 Å². The van der Waals surface area contributed by atoms with Gasteiger partial charge in [-0.2, -0.15) is 0 Å². The standard InChI is InChI=1S/C14H18O2/c1-3-10(2)14(15)16-9-11-4-5-12-6-7-13(12)8-11/h4-5,8,10H,3,6-7,9H2,1-2H3. The molecule has 1 atom stereocenters. The highest BCUT2D eigenvalue weighted by Crippen LogP contribution is 2.24. The third kappa shape index (κ3) is 2.26. The number of esters is 1. The van der Waals surface area contributed by atoms with Gasteiger partial charge in [-0.05, 0) is 36.0 Å². The quantitative estimate of drug-likeness (QED) is 0.726. The zero-order chi connectivity index (χ0) is 11.5. The summed E-state index contributed by atoms with van der Waals surface area (Å²) in [5.74, 6) is -0.0863. The van der Waals surface area contributed by atoms with Crippen molar-refractivity contribution in [3.05, 3.63) is 34.9 Å². The Bertz CT molecular complexity index is 396. The van der Waals surface area contributed by atoms with Crippen LogP contribution in [-0.2, 0) is 29.0 Å². The number of fused-ring (bicyclic) bond motifs is 1. The summed E-state index contributed by atoms with van der Waals surface area (Å²) >= 11 is 0. The van der Waals surface area contributed by atoms with Crippen molar-refractivity contribution in [2.75, 3.05) is 0 Å². The minimum atomic E-state index is -0.0924. The minimum Gasteiger partial charge on any atom is -0.461 e. The molecule has 2 heteroatoms. The van der Waals surface area contributed by atoms with Crippen molar-refractivity contribution in [1.29, 1.82) is 0 Å². The smallest absolute Gasteiger partial charge is 0.308 e. The van der Waals surface area contributed by atoms with E-state index in [0.29, 0.717) is 6.61 Å². The third-order valence-corrected chi connectivity index (χ3v) is 3.33. The van der Waals surface area contributed by atoms with Crippen LogP contribution in [-0.4, -0.2) is 5.97 Å². The van der Waals surface area contributed by atoms with Crippen molar-refractivity contribution in [2.24, 2.45) is 5.92 Å². The topological polar surface area (TPSA) is 26.3 Å².